The Balaban J connectivity index is 2.15. The molecule has 0 aliphatic heterocycles. The zero-order valence-electron chi connectivity index (χ0n) is 15.0. The summed E-state index contributed by atoms with van der Waals surface area (Å²) in [5, 5.41) is 2.83. The van der Waals surface area contributed by atoms with Crippen molar-refractivity contribution in [3.05, 3.63) is 57.5 Å². The number of pyridine rings is 1. The van der Waals surface area contributed by atoms with Gasteiger partial charge >= 0.3 is 0 Å². The zero-order valence-corrected chi connectivity index (χ0v) is 15.0. The lowest BCUT2D eigenvalue weighted by atomic mass is 10.1. The molecule has 6 heteroatoms. The first-order valence-corrected chi connectivity index (χ1v) is 8.27. The standard InChI is InChI=1S/C19H24N2O4/c1-5-10-25-16-9-7-14(11-17(16)24-4)13(3)21-19(23)15-8-6-12(2)20-18(15)22/h6-9,11,13H,5,10H2,1-4H3,(H,20,22)(H,21,23)/t13-/m0/s1. The van der Waals surface area contributed by atoms with E-state index < -0.39 is 11.5 Å². The molecule has 0 saturated carbocycles. The molecule has 6 nitrogen and oxygen atoms in total. The van der Waals surface area contributed by atoms with Crippen molar-refractivity contribution >= 4 is 5.91 Å². The lowest BCUT2D eigenvalue weighted by Crippen LogP contribution is -2.31. The predicted molar refractivity (Wildman–Crippen MR) is 96.5 cm³/mol. The molecule has 0 fully saturated rings. The summed E-state index contributed by atoms with van der Waals surface area (Å²) in [6.45, 7) is 6.26. The van der Waals surface area contributed by atoms with Crippen molar-refractivity contribution in [3.8, 4) is 11.5 Å². The first-order chi connectivity index (χ1) is 12.0. The molecule has 0 spiro atoms. The van der Waals surface area contributed by atoms with E-state index in [1.165, 1.54) is 6.07 Å². The summed E-state index contributed by atoms with van der Waals surface area (Å²) in [5.41, 5.74) is 1.26. The molecule has 2 rings (SSSR count). The highest BCUT2D eigenvalue weighted by Gasteiger charge is 2.16. The largest absolute Gasteiger partial charge is 0.493 e. The lowest BCUT2D eigenvalue weighted by Gasteiger charge is -2.17. The maximum atomic E-state index is 12.3. The molecule has 0 saturated heterocycles. The molecule has 1 aromatic carbocycles. The number of aromatic nitrogens is 1. The van der Waals surface area contributed by atoms with Gasteiger partial charge in [0.15, 0.2) is 11.5 Å². The summed E-state index contributed by atoms with van der Waals surface area (Å²) in [6, 6.07) is 8.46. The number of carbonyl (C=O) groups is 1. The van der Waals surface area contributed by atoms with Gasteiger partial charge in [-0.05, 0) is 50.1 Å². The van der Waals surface area contributed by atoms with E-state index in [0.29, 0.717) is 23.8 Å². The molecule has 1 atom stereocenters. The first kappa shape index (κ1) is 18.6. The van der Waals surface area contributed by atoms with E-state index in [4.69, 9.17) is 9.47 Å². The highest BCUT2D eigenvalue weighted by Crippen LogP contribution is 2.30. The van der Waals surface area contributed by atoms with E-state index in [-0.39, 0.29) is 11.6 Å². The van der Waals surface area contributed by atoms with Gasteiger partial charge in [0.2, 0.25) is 0 Å². The van der Waals surface area contributed by atoms with Gasteiger partial charge in [0.25, 0.3) is 11.5 Å². The van der Waals surface area contributed by atoms with Crippen molar-refractivity contribution in [3.63, 3.8) is 0 Å². The number of amides is 1. The molecule has 134 valence electrons. The fourth-order valence-corrected chi connectivity index (χ4v) is 2.39. The normalized spacial score (nSPS) is 11.7. The minimum Gasteiger partial charge on any atom is -0.493 e. The molecule has 2 N–H and O–H groups in total. The van der Waals surface area contributed by atoms with E-state index in [0.717, 1.165) is 12.0 Å². The molecule has 0 aliphatic rings. The van der Waals surface area contributed by atoms with Crippen LogP contribution in [0.3, 0.4) is 0 Å². The summed E-state index contributed by atoms with van der Waals surface area (Å²) >= 11 is 0. The lowest BCUT2D eigenvalue weighted by molar-refractivity contribution is 0.0938. The number of aromatic amines is 1. The van der Waals surface area contributed by atoms with E-state index in [2.05, 4.69) is 10.3 Å². The first-order valence-electron chi connectivity index (χ1n) is 8.27. The fraction of sp³-hybridized carbons (Fsp3) is 0.368. The molecule has 0 unspecified atom stereocenters. The number of H-pyrrole nitrogens is 1. The monoisotopic (exact) mass is 344 g/mol. The molecular formula is C19H24N2O4. The van der Waals surface area contributed by atoms with Crippen molar-refractivity contribution in [2.45, 2.75) is 33.2 Å². The van der Waals surface area contributed by atoms with E-state index in [1.54, 1.807) is 20.1 Å². The van der Waals surface area contributed by atoms with Gasteiger partial charge in [-0.25, -0.2) is 0 Å². The predicted octanol–water partition coefficient (Wildman–Crippen LogP) is 2.97. The van der Waals surface area contributed by atoms with Crippen molar-refractivity contribution in [1.82, 2.24) is 10.3 Å². The Morgan fingerprint density at radius 3 is 2.64 bits per heavy atom. The van der Waals surface area contributed by atoms with Crippen LogP contribution in [0.25, 0.3) is 0 Å². The molecule has 0 bridgehead atoms. The summed E-state index contributed by atoms with van der Waals surface area (Å²) in [4.78, 5) is 26.9. The zero-order chi connectivity index (χ0) is 18.4. The number of carbonyl (C=O) groups excluding carboxylic acids is 1. The van der Waals surface area contributed by atoms with E-state index in [1.807, 2.05) is 32.0 Å². The molecule has 2 aromatic rings. The van der Waals surface area contributed by atoms with Gasteiger partial charge in [-0.3, -0.25) is 9.59 Å². The second kappa shape index (κ2) is 8.37. The Morgan fingerprint density at radius 1 is 1.24 bits per heavy atom. The Kier molecular flexibility index (Phi) is 6.22. The van der Waals surface area contributed by atoms with Crippen molar-refractivity contribution in [2.24, 2.45) is 0 Å². The van der Waals surface area contributed by atoms with Crippen molar-refractivity contribution in [1.29, 1.82) is 0 Å². The number of hydrogen-bond acceptors (Lipinski definition) is 4. The second-order valence-electron chi connectivity index (χ2n) is 5.84. The third-order valence-electron chi connectivity index (χ3n) is 3.80. The van der Waals surface area contributed by atoms with Gasteiger partial charge < -0.3 is 19.8 Å². The van der Waals surface area contributed by atoms with Crippen LogP contribution in [0.2, 0.25) is 0 Å². The fourth-order valence-electron chi connectivity index (χ4n) is 2.39. The number of hydrogen-bond donors (Lipinski definition) is 2. The summed E-state index contributed by atoms with van der Waals surface area (Å²) in [7, 11) is 1.58. The number of aryl methyl sites for hydroxylation is 1. The van der Waals surface area contributed by atoms with Crippen LogP contribution < -0.4 is 20.3 Å². The maximum absolute atomic E-state index is 12.3. The Hall–Kier alpha value is -2.76. The Bertz CT molecular complexity index is 798. The minimum absolute atomic E-state index is 0.0901. The van der Waals surface area contributed by atoms with Crippen LogP contribution >= 0.6 is 0 Å². The van der Waals surface area contributed by atoms with E-state index >= 15 is 0 Å². The second-order valence-corrected chi connectivity index (χ2v) is 5.84. The highest BCUT2D eigenvalue weighted by atomic mass is 16.5. The number of benzene rings is 1. The van der Waals surface area contributed by atoms with Crippen LogP contribution in [0.4, 0.5) is 0 Å². The number of nitrogens with one attached hydrogen (secondary N) is 2. The Morgan fingerprint density at radius 2 is 2.00 bits per heavy atom. The molecule has 1 heterocycles. The maximum Gasteiger partial charge on any atom is 0.260 e. The third kappa shape index (κ3) is 4.62. The van der Waals surface area contributed by atoms with E-state index in [9.17, 15) is 9.59 Å². The molecule has 0 aliphatic carbocycles. The number of methoxy groups -OCH3 is 1. The van der Waals surface area contributed by atoms with Gasteiger partial charge in [0.1, 0.15) is 5.56 Å². The van der Waals surface area contributed by atoms with Crippen molar-refractivity contribution in [2.75, 3.05) is 13.7 Å². The number of rotatable bonds is 7. The minimum atomic E-state index is -0.418. The molecule has 0 radical (unpaired) electrons. The highest BCUT2D eigenvalue weighted by molar-refractivity contribution is 5.94. The summed E-state index contributed by atoms with van der Waals surface area (Å²) in [6.07, 6.45) is 0.905. The van der Waals surface area contributed by atoms with Gasteiger partial charge in [-0.15, -0.1) is 0 Å². The van der Waals surface area contributed by atoms with Crippen LogP contribution in [0, 0.1) is 6.92 Å². The van der Waals surface area contributed by atoms with Crippen LogP contribution in [0.1, 0.15) is 47.9 Å². The van der Waals surface area contributed by atoms with Gasteiger partial charge in [0.05, 0.1) is 19.8 Å². The van der Waals surface area contributed by atoms with Crippen LogP contribution in [0.5, 0.6) is 11.5 Å². The van der Waals surface area contributed by atoms with Crippen LogP contribution in [-0.4, -0.2) is 24.6 Å². The molecule has 1 amide bonds. The number of ether oxygens (including phenoxy) is 2. The Labute approximate surface area is 147 Å². The summed E-state index contributed by atoms with van der Waals surface area (Å²) in [5.74, 6) is 0.862. The molecule has 25 heavy (non-hydrogen) atoms. The molecule has 1 aromatic heterocycles. The third-order valence-corrected chi connectivity index (χ3v) is 3.80. The smallest absolute Gasteiger partial charge is 0.260 e. The topological polar surface area (TPSA) is 80.4 Å². The average Bonchev–Trinajstić information content (AvgIpc) is 2.59. The van der Waals surface area contributed by atoms with Gasteiger partial charge in [-0.1, -0.05) is 13.0 Å². The SMILES string of the molecule is CCCOc1ccc([C@H](C)NC(=O)c2ccc(C)[nH]c2=O)cc1OC. The van der Waals surface area contributed by atoms with Crippen LogP contribution in [0.15, 0.2) is 35.1 Å². The van der Waals surface area contributed by atoms with Gasteiger partial charge in [0, 0.05) is 5.69 Å². The van der Waals surface area contributed by atoms with Crippen LogP contribution in [-0.2, 0) is 0 Å². The average molecular weight is 344 g/mol. The summed E-state index contributed by atoms with van der Waals surface area (Å²) < 4.78 is 11.0. The quantitative estimate of drug-likeness (QED) is 0.809. The van der Waals surface area contributed by atoms with Crippen molar-refractivity contribution < 1.29 is 14.3 Å². The molecular weight excluding hydrogens is 320 g/mol. The van der Waals surface area contributed by atoms with Gasteiger partial charge in [-0.2, -0.15) is 0 Å².